The van der Waals surface area contributed by atoms with Crippen molar-refractivity contribution in [3.63, 3.8) is 0 Å². The first-order valence-electron chi connectivity index (χ1n) is 8.47. The molecule has 0 radical (unpaired) electrons. The van der Waals surface area contributed by atoms with Crippen LogP contribution in [0.2, 0.25) is 0 Å². The molecule has 0 heterocycles. The van der Waals surface area contributed by atoms with E-state index in [0.29, 0.717) is 18.0 Å². The summed E-state index contributed by atoms with van der Waals surface area (Å²) >= 11 is 3.40. The zero-order valence-electron chi connectivity index (χ0n) is 15.4. The Bertz CT molecular complexity index is 651. The first-order chi connectivity index (χ1) is 11.8. The van der Waals surface area contributed by atoms with E-state index in [1.807, 2.05) is 57.2 Å². The van der Waals surface area contributed by atoms with Gasteiger partial charge in [-0.3, -0.25) is 9.59 Å². The Morgan fingerprint density at radius 3 is 2.60 bits per heavy atom. The van der Waals surface area contributed by atoms with E-state index in [1.165, 1.54) is 0 Å². The second kappa shape index (κ2) is 10.9. The Morgan fingerprint density at radius 2 is 2.04 bits per heavy atom. The molecular weight excluding hydrogens is 380 g/mol. The van der Waals surface area contributed by atoms with Gasteiger partial charge in [-0.05, 0) is 45.3 Å². The third kappa shape index (κ3) is 8.16. The monoisotopic (exact) mass is 406 g/mol. The second-order valence-electron chi connectivity index (χ2n) is 6.21. The van der Waals surface area contributed by atoms with E-state index in [9.17, 15) is 9.59 Å². The molecule has 136 valence electrons. The molecule has 0 fully saturated rings. The number of carbonyl (C=O) groups is 2. The smallest absolute Gasteiger partial charge is 0.250 e. The molecule has 0 saturated heterocycles. The van der Waals surface area contributed by atoms with Crippen molar-refractivity contribution >= 4 is 27.7 Å². The van der Waals surface area contributed by atoms with E-state index in [4.69, 9.17) is 0 Å². The second-order valence-corrected chi connectivity index (χ2v) is 7.12. The first kappa shape index (κ1) is 21.2. The van der Waals surface area contributed by atoms with Crippen LogP contribution in [0.4, 0.5) is 0 Å². The van der Waals surface area contributed by atoms with Crippen LogP contribution in [0.5, 0.6) is 0 Å². The van der Waals surface area contributed by atoms with Crippen LogP contribution in [0.25, 0.3) is 0 Å². The fraction of sp³-hybridized carbons (Fsp3) is 0.400. The molecule has 0 saturated carbocycles. The van der Waals surface area contributed by atoms with Gasteiger partial charge in [-0.15, -0.1) is 0 Å². The van der Waals surface area contributed by atoms with Crippen molar-refractivity contribution in [2.75, 3.05) is 6.54 Å². The van der Waals surface area contributed by atoms with Crippen molar-refractivity contribution in [3.8, 4) is 0 Å². The van der Waals surface area contributed by atoms with Gasteiger partial charge >= 0.3 is 0 Å². The van der Waals surface area contributed by atoms with Crippen LogP contribution < -0.4 is 10.6 Å². The van der Waals surface area contributed by atoms with Crippen molar-refractivity contribution in [1.82, 2.24) is 10.6 Å². The van der Waals surface area contributed by atoms with Crippen molar-refractivity contribution < 1.29 is 9.59 Å². The first-order valence-corrected chi connectivity index (χ1v) is 9.26. The summed E-state index contributed by atoms with van der Waals surface area (Å²) in [5, 5.41) is 5.67. The summed E-state index contributed by atoms with van der Waals surface area (Å²) in [6.45, 7) is 8.22. The summed E-state index contributed by atoms with van der Waals surface area (Å²) in [6.07, 6.45) is 12.6. The standard InChI is InChI=1S/C20H27BrN2O2/c1-5-17(21)10-11-18(14(2)3)23-19(24)12-13-22-20(25)16-8-6-15(4)7-9-16/h5-6,8-11,15H,7,12-13H2,1-4H3,(H,22,25)(H,23,24)/b11-10-,17-5+. The van der Waals surface area contributed by atoms with Gasteiger partial charge in [0.15, 0.2) is 0 Å². The van der Waals surface area contributed by atoms with Crippen LogP contribution >= 0.6 is 15.9 Å². The van der Waals surface area contributed by atoms with Gasteiger partial charge in [0.1, 0.15) is 0 Å². The lowest BCUT2D eigenvalue weighted by Crippen LogP contribution is -2.31. The van der Waals surface area contributed by atoms with E-state index < -0.39 is 0 Å². The molecule has 2 N–H and O–H groups in total. The molecule has 25 heavy (non-hydrogen) atoms. The van der Waals surface area contributed by atoms with Crippen LogP contribution in [0.15, 0.2) is 57.8 Å². The molecule has 5 heteroatoms. The van der Waals surface area contributed by atoms with Crippen LogP contribution in [0.1, 0.15) is 40.5 Å². The molecule has 1 rings (SSSR count). The molecule has 4 nitrogen and oxygen atoms in total. The molecule has 2 amide bonds. The highest BCUT2D eigenvalue weighted by molar-refractivity contribution is 9.11. The third-order valence-corrected chi connectivity index (χ3v) is 4.43. The fourth-order valence-electron chi connectivity index (χ4n) is 2.09. The largest absolute Gasteiger partial charge is 0.352 e. The predicted octanol–water partition coefficient (Wildman–Crippen LogP) is 4.28. The van der Waals surface area contributed by atoms with E-state index in [1.54, 1.807) is 0 Å². The summed E-state index contributed by atoms with van der Waals surface area (Å²) in [6, 6.07) is 0. The van der Waals surface area contributed by atoms with E-state index in [-0.39, 0.29) is 18.2 Å². The molecule has 1 aliphatic rings. The number of hydrogen-bond donors (Lipinski definition) is 2. The third-order valence-electron chi connectivity index (χ3n) is 3.71. The minimum Gasteiger partial charge on any atom is -0.352 e. The molecule has 1 unspecified atom stereocenters. The van der Waals surface area contributed by atoms with Gasteiger partial charge in [0.2, 0.25) is 5.91 Å². The maximum Gasteiger partial charge on any atom is 0.250 e. The lowest BCUT2D eigenvalue weighted by atomic mass is 9.98. The Kier molecular flexibility index (Phi) is 9.21. The fourth-order valence-corrected chi connectivity index (χ4v) is 2.22. The zero-order chi connectivity index (χ0) is 18.8. The number of allylic oxidation sites excluding steroid dienone is 7. The van der Waals surface area contributed by atoms with E-state index in [0.717, 1.165) is 22.2 Å². The zero-order valence-corrected chi connectivity index (χ0v) is 16.9. The summed E-state index contributed by atoms with van der Waals surface area (Å²) in [7, 11) is 0. The van der Waals surface area contributed by atoms with E-state index in [2.05, 4.69) is 33.5 Å². The highest BCUT2D eigenvalue weighted by Crippen LogP contribution is 2.15. The topological polar surface area (TPSA) is 58.2 Å². The summed E-state index contributed by atoms with van der Waals surface area (Å²) in [5.41, 5.74) is 2.45. The number of carbonyl (C=O) groups excluding carboxylic acids is 2. The normalized spacial score (nSPS) is 17.2. The van der Waals surface area contributed by atoms with E-state index >= 15 is 0 Å². The SMILES string of the molecule is C/C=C(Br)\C=C/C(NC(=O)CCNC(=O)C1=CCC(C)C=C1)=C(C)C. The van der Waals surface area contributed by atoms with Crippen LogP contribution in [0.3, 0.4) is 0 Å². The van der Waals surface area contributed by atoms with Gasteiger partial charge < -0.3 is 10.6 Å². The number of rotatable bonds is 7. The van der Waals surface area contributed by atoms with Crippen molar-refractivity contribution in [3.05, 3.63) is 57.8 Å². The average molecular weight is 407 g/mol. The summed E-state index contributed by atoms with van der Waals surface area (Å²) < 4.78 is 0.941. The Morgan fingerprint density at radius 1 is 1.32 bits per heavy atom. The molecule has 0 spiro atoms. The summed E-state index contributed by atoms with van der Waals surface area (Å²) in [4.78, 5) is 24.1. The van der Waals surface area contributed by atoms with Crippen molar-refractivity contribution in [1.29, 1.82) is 0 Å². The maximum absolute atomic E-state index is 12.1. The lowest BCUT2D eigenvalue weighted by Gasteiger charge is -2.12. The molecule has 1 atom stereocenters. The van der Waals surface area contributed by atoms with Gasteiger partial charge in [-0.2, -0.15) is 0 Å². The minimum absolute atomic E-state index is 0.125. The molecular formula is C20H27BrN2O2. The summed E-state index contributed by atoms with van der Waals surface area (Å²) in [5.74, 6) is 0.218. The molecule has 0 bridgehead atoms. The number of amides is 2. The van der Waals surface area contributed by atoms with Gasteiger partial charge in [-0.1, -0.05) is 52.7 Å². The van der Waals surface area contributed by atoms with Gasteiger partial charge in [0.05, 0.1) is 0 Å². The predicted molar refractivity (Wildman–Crippen MR) is 107 cm³/mol. The highest BCUT2D eigenvalue weighted by Gasteiger charge is 2.11. The number of hydrogen-bond acceptors (Lipinski definition) is 2. The lowest BCUT2D eigenvalue weighted by molar-refractivity contribution is -0.120. The maximum atomic E-state index is 12.1. The van der Waals surface area contributed by atoms with Gasteiger partial charge in [0, 0.05) is 28.7 Å². The molecule has 0 aromatic heterocycles. The van der Waals surface area contributed by atoms with Gasteiger partial charge in [0.25, 0.3) is 5.91 Å². The number of nitrogens with one attached hydrogen (secondary N) is 2. The quantitative estimate of drug-likeness (QED) is 0.619. The van der Waals surface area contributed by atoms with Crippen LogP contribution in [0, 0.1) is 5.92 Å². The van der Waals surface area contributed by atoms with Gasteiger partial charge in [-0.25, -0.2) is 0 Å². The van der Waals surface area contributed by atoms with Crippen LogP contribution in [-0.4, -0.2) is 18.4 Å². The highest BCUT2D eigenvalue weighted by atomic mass is 79.9. The molecule has 1 aliphatic carbocycles. The Hall–Kier alpha value is -1.88. The Balaban J connectivity index is 2.46. The minimum atomic E-state index is -0.129. The van der Waals surface area contributed by atoms with Crippen LogP contribution in [-0.2, 0) is 9.59 Å². The molecule has 0 aliphatic heterocycles. The molecule has 0 aromatic carbocycles. The van der Waals surface area contributed by atoms with Crippen molar-refractivity contribution in [2.24, 2.45) is 5.92 Å². The van der Waals surface area contributed by atoms with Crippen molar-refractivity contribution in [2.45, 2.75) is 40.5 Å². The molecule has 0 aromatic rings. The number of halogens is 1. The Labute approximate surface area is 159 Å². The average Bonchev–Trinajstić information content (AvgIpc) is 2.58.